The molecule has 1 N–H and O–H groups in total. The number of amides is 3. The Kier molecular flexibility index (Phi) is 6.13. The number of nitrogens with zero attached hydrogens (tertiary/aromatic N) is 1. The number of ether oxygens (including phenoxy) is 1. The Bertz CT molecular complexity index is 1090. The summed E-state index contributed by atoms with van der Waals surface area (Å²) in [7, 11) is 0. The van der Waals surface area contributed by atoms with Gasteiger partial charge < -0.3 is 10.1 Å². The summed E-state index contributed by atoms with van der Waals surface area (Å²) in [4.78, 5) is 26.9. The molecule has 0 bridgehead atoms. The van der Waals surface area contributed by atoms with E-state index in [1.54, 1.807) is 6.08 Å². The molecule has 5 nitrogen and oxygen atoms in total. The van der Waals surface area contributed by atoms with Crippen LogP contribution >= 0.6 is 0 Å². The lowest BCUT2D eigenvalue weighted by Gasteiger charge is -2.24. The number of benzene rings is 3. The standard InChI is InChI=1S/C26H24N2O3/c1-2-24(20-11-5-3-6-12-20)28-25(29)23(27-26(28)30)17-16-19-10-9-15-22(18-19)31-21-13-7-4-8-14-21/h3-15,17-18,24H,2,16H2,1H3,(H,27,30)/b23-17-. The second-order valence-electron chi connectivity index (χ2n) is 7.32. The van der Waals surface area contributed by atoms with Crippen LogP contribution in [0.2, 0.25) is 0 Å². The summed E-state index contributed by atoms with van der Waals surface area (Å²) in [6.45, 7) is 1.97. The fraction of sp³-hybridized carbons (Fsp3) is 0.154. The molecule has 1 fully saturated rings. The minimum absolute atomic E-state index is 0.290. The Labute approximate surface area is 182 Å². The van der Waals surface area contributed by atoms with E-state index in [9.17, 15) is 9.59 Å². The van der Waals surface area contributed by atoms with Gasteiger partial charge in [-0.1, -0.05) is 73.7 Å². The predicted molar refractivity (Wildman–Crippen MR) is 120 cm³/mol. The first kappa shape index (κ1) is 20.4. The van der Waals surface area contributed by atoms with Crippen LogP contribution in [-0.4, -0.2) is 16.8 Å². The summed E-state index contributed by atoms with van der Waals surface area (Å²) in [6, 6.07) is 26.2. The van der Waals surface area contributed by atoms with E-state index in [0.29, 0.717) is 18.5 Å². The third-order valence-corrected chi connectivity index (χ3v) is 5.21. The van der Waals surface area contributed by atoms with Crippen molar-refractivity contribution in [3.63, 3.8) is 0 Å². The van der Waals surface area contributed by atoms with Crippen molar-refractivity contribution in [2.45, 2.75) is 25.8 Å². The van der Waals surface area contributed by atoms with Gasteiger partial charge in [0.25, 0.3) is 5.91 Å². The molecule has 0 aliphatic carbocycles. The van der Waals surface area contributed by atoms with Gasteiger partial charge >= 0.3 is 6.03 Å². The fourth-order valence-electron chi connectivity index (χ4n) is 3.70. The number of allylic oxidation sites excluding steroid dienone is 1. The number of hydrogen-bond donors (Lipinski definition) is 1. The van der Waals surface area contributed by atoms with Gasteiger partial charge in [-0.05, 0) is 48.2 Å². The average Bonchev–Trinajstić information content (AvgIpc) is 3.08. The zero-order valence-electron chi connectivity index (χ0n) is 17.3. The zero-order chi connectivity index (χ0) is 21.6. The number of carbonyl (C=O) groups is 2. The van der Waals surface area contributed by atoms with Crippen molar-refractivity contribution in [3.8, 4) is 11.5 Å². The highest BCUT2D eigenvalue weighted by Crippen LogP contribution is 2.29. The Morgan fingerprint density at radius 3 is 2.29 bits per heavy atom. The molecule has 31 heavy (non-hydrogen) atoms. The van der Waals surface area contributed by atoms with E-state index >= 15 is 0 Å². The number of hydrogen-bond acceptors (Lipinski definition) is 3. The highest BCUT2D eigenvalue weighted by Gasteiger charge is 2.38. The summed E-state index contributed by atoms with van der Waals surface area (Å²) < 4.78 is 5.88. The molecule has 0 radical (unpaired) electrons. The third kappa shape index (κ3) is 4.67. The predicted octanol–water partition coefficient (Wildman–Crippen LogP) is 5.61. The van der Waals surface area contributed by atoms with Crippen molar-refractivity contribution >= 4 is 11.9 Å². The third-order valence-electron chi connectivity index (χ3n) is 5.21. The van der Waals surface area contributed by atoms with Crippen LogP contribution < -0.4 is 10.1 Å². The topological polar surface area (TPSA) is 58.6 Å². The van der Waals surface area contributed by atoms with Gasteiger partial charge in [-0.25, -0.2) is 4.79 Å². The number of nitrogens with one attached hydrogen (secondary N) is 1. The molecular weight excluding hydrogens is 388 g/mol. The van der Waals surface area contributed by atoms with Crippen molar-refractivity contribution in [1.29, 1.82) is 0 Å². The number of urea groups is 1. The molecular formula is C26H24N2O3. The molecule has 3 aromatic rings. The zero-order valence-corrected chi connectivity index (χ0v) is 17.3. The molecule has 156 valence electrons. The van der Waals surface area contributed by atoms with Crippen LogP contribution in [0, 0.1) is 0 Å². The van der Waals surface area contributed by atoms with E-state index in [0.717, 1.165) is 22.6 Å². The number of carbonyl (C=O) groups excluding carboxylic acids is 2. The molecule has 0 aromatic heterocycles. The van der Waals surface area contributed by atoms with Crippen molar-refractivity contribution < 1.29 is 14.3 Å². The van der Waals surface area contributed by atoms with Gasteiger partial charge in [0.1, 0.15) is 17.2 Å². The lowest BCUT2D eigenvalue weighted by Crippen LogP contribution is -2.34. The first-order chi connectivity index (χ1) is 15.2. The van der Waals surface area contributed by atoms with Gasteiger partial charge in [-0.2, -0.15) is 0 Å². The van der Waals surface area contributed by atoms with Crippen LogP contribution in [0.4, 0.5) is 4.79 Å². The average molecular weight is 412 g/mol. The lowest BCUT2D eigenvalue weighted by atomic mass is 10.0. The van der Waals surface area contributed by atoms with Crippen LogP contribution in [0.3, 0.4) is 0 Å². The van der Waals surface area contributed by atoms with Crippen molar-refractivity contribution in [2.24, 2.45) is 0 Å². The largest absolute Gasteiger partial charge is 0.457 e. The van der Waals surface area contributed by atoms with Crippen LogP contribution in [0.15, 0.2) is 96.7 Å². The summed E-state index contributed by atoms with van der Waals surface area (Å²) >= 11 is 0. The molecule has 5 heteroatoms. The smallest absolute Gasteiger partial charge is 0.329 e. The molecule has 3 amide bonds. The van der Waals surface area contributed by atoms with Crippen LogP contribution in [-0.2, 0) is 11.2 Å². The molecule has 1 atom stereocenters. The molecule has 0 spiro atoms. The number of para-hydroxylation sites is 1. The monoisotopic (exact) mass is 412 g/mol. The van der Waals surface area contributed by atoms with Gasteiger partial charge in [0, 0.05) is 0 Å². The van der Waals surface area contributed by atoms with E-state index in [1.165, 1.54) is 4.90 Å². The normalized spacial score (nSPS) is 15.8. The molecule has 1 aliphatic rings. The quantitative estimate of drug-likeness (QED) is 0.405. The highest BCUT2D eigenvalue weighted by atomic mass is 16.5. The van der Waals surface area contributed by atoms with E-state index in [2.05, 4.69) is 5.32 Å². The van der Waals surface area contributed by atoms with E-state index < -0.39 is 0 Å². The molecule has 0 saturated carbocycles. The Morgan fingerprint density at radius 2 is 1.58 bits per heavy atom. The molecule has 1 aliphatic heterocycles. The van der Waals surface area contributed by atoms with Crippen LogP contribution in [0.5, 0.6) is 11.5 Å². The van der Waals surface area contributed by atoms with Crippen LogP contribution in [0.25, 0.3) is 0 Å². The van der Waals surface area contributed by atoms with E-state index in [-0.39, 0.29) is 18.0 Å². The Morgan fingerprint density at radius 1 is 0.903 bits per heavy atom. The summed E-state index contributed by atoms with van der Waals surface area (Å²) in [6.07, 6.45) is 2.91. The summed E-state index contributed by atoms with van der Waals surface area (Å²) in [5.74, 6) is 1.19. The summed E-state index contributed by atoms with van der Waals surface area (Å²) in [5, 5.41) is 2.73. The van der Waals surface area contributed by atoms with Crippen molar-refractivity contribution in [1.82, 2.24) is 10.2 Å². The van der Waals surface area contributed by atoms with Gasteiger partial charge in [-0.3, -0.25) is 9.69 Å². The highest BCUT2D eigenvalue weighted by molar-refractivity contribution is 6.12. The summed E-state index contributed by atoms with van der Waals surface area (Å²) in [5.41, 5.74) is 2.24. The first-order valence-electron chi connectivity index (χ1n) is 10.4. The maximum atomic E-state index is 13.0. The SMILES string of the molecule is CCC(c1ccccc1)N1C(=O)N/C(=C\Cc2cccc(Oc3ccccc3)c2)C1=O. The van der Waals surface area contributed by atoms with E-state index in [4.69, 9.17) is 4.74 Å². The second kappa shape index (κ2) is 9.30. The number of imide groups is 1. The number of rotatable bonds is 7. The molecule has 3 aromatic carbocycles. The van der Waals surface area contributed by atoms with Gasteiger partial charge in [0.2, 0.25) is 0 Å². The molecule has 4 rings (SSSR count). The van der Waals surface area contributed by atoms with Gasteiger partial charge in [-0.15, -0.1) is 0 Å². The lowest BCUT2D eigenvalue weighted by molar-refractivity contribution is -0.124. The maximum absolute atomic E-state index is 13.0. The molecule has 1 saturated heterocycles. The van der Waals surface area contributed by atoms with Gasteiger partial charge in [0.15, 0.2) is 0 Å². The maximum Gasteiger partial charge on any atom is 0.329 e. The molecule has 1 heterocycles. The molecule has 1 unspecified atom stereocenters. The minimum Gasteiger partial charge on any atom is -0.457 e. The van der Waals surface area contributed by atoms with E-state index in [1.807, 2.05) is 91.9 Å². The van der Waals surface area contributed by atoms with Crippen LogP contribution in [0.1, 0.15) is 30.5 Å². The van der Waals surface area contributed by atoms with Crippen molar-refractivity contribution in [2.75, 3.05) is 0 Å². The second-order valence-corrected chi connectivity index (χ2v) is 7.32. The Hall–Kier alpha value is -3.86. The fourth-order valence-corrected chi connectivity index (χ4v) is 3.70. The van der Waals surface area contributed by atoms with Gasteiger partial charge in [0.05, 0.1) is 6.04 Å². The van der Waals surface area contributed by atoms with Crippen molar-refractivity contribution in [3.05, 3.63) is 108 Å². The Balaban J connectivity index is 1.48. The first-order valence-corrected chi connectivity index (χ1v) is 10.4. The minimum atomic E-state index is -0.381.